The van der Waals surface area contributed by atoms with Crippen LogP contribution in [0.2, 0.25) is 0 Å². The summed E-state index contributed by atoms with van der Waals surface area (Å²) >= 11 is 0. The van der Waals surface area contributed by atoms with E-state index in [-0.39, 0.29) is 0 Å². The van der Waals surface area contributed by atoms with E-state index in [1.807, 2.05) is 11.9 Å². The van der Waals surface area contributed by atoms with Gasteiger partial charge in [-0.1, -0.05) is 20.8 Å². The van der Waals surface area contributed by atoms with Gasteiger partial charge in [0.05, 0.1) is 0 Å². The van der Waals surface area contributed by atoms with Crippen LogP contribution in [0.5, 0.6) is 0 Å². The van der Waals surface area contributed by atoms with Crippen molar-refractivity contribution in [3.8, 4) is 0 Å². The number of hydrogen-bond donors (Lipinski definition) is 0. The van der Waals surface area contributed by atoms with Gasteiger partial charge in [0.1, 0.15) is 0 Å². The first-order valence-electron chi connectivity index (χ1n) is 9.91. The van der Waals surface area contributed by atoms with Crippen molar-refractivity contribution in [2.24, 2.45) is 11.3 Å². The quantitative estimate of drug-likeness (QED) is 0.771. The highest BCUT2D eigenvalue weighted by Gasteiger charge is 2.26. The SMILES string of the molecule is CN1CCC(N(C)C(=O)CCC2CCCN(CC(C)(C)C)C2)CC1. The van der Waals surface area contributed by atoms with Crippen molar-refractivity contribution in [2.75, 3.05) is 46.8 Å². The summed E-state index contributed by atoms with van der Waals surface area (Å²) in [4.78, 5) is 19.6. The molecule has 2 fully saturated rings. The molecule has 2 heterocycles. The van der Waals surface area contributed by atoms with Crippen molar-refractivity contribution in [1.82, 2.24) is 14.7 Å². The maximum absolute atomic E-state index is 12.6. The normalized spacial score (nSPS) is 25.0. The van der Waals surface area contributed by atoms with Gasteiger partial charge in [-0.25, -0.2) is 0 Å². The van der Waals surface area contributed by atoms with Crippen molar-refractivity contribution in [2.45, 2.75) is 65.3 Å². The van der Waals surface area contributed by atoms with E-state index in [1.54, 1.807) is 0 Å². The third kappa shape index (κ3) is 6.36. The molecule has 0 spiro atoms. The molecule has 0 aromatic carbocycles. The van der Waals surface area contributed by atoms with E-state index in [0.29, 0.717) is 23.3 Å². The van der Waals surface area contributed by atoms with Crippen LogP contribution >= 0.6 is 0 Å². The molecule has 0 N–H and O–H groups in total. The monoisotopic (exact) mass is 337 g/mol. The lowest BCUT2D eigenvalue weighted by atomic mass is 9.90. The average Bonchev–Trinajstić information content (AvgIpc) is 2.51. The molecule has 4 heteroatoms. The fourth-order valence-corrected chi connectivity index (χ4v) is 4.29. The highest BCUT2D eigenvalue weighted by atomic mass is 16.2. The maximum Gasteiger partial charge on any atom is 0.222 e. The molecule has 2 rings (SSSR count). The number of likely N-dealkylation sites (tertiary alicyclic amines) is 2. The third-order valence-electron chi connectivity index (χ3n) is 5.70. The summed E-state index contributed by atoms with van der Waals surface area (Å²) in [5.41, 5.74) is 0.367. The van der Waals surface area contributed by atoms with Crippen molar-refractivity contribution in [3.63, 3.8) is 0 Å². The van der Waals surface area contributed by atoms with Crippen molar-refractivity contribution in [1.29, 1.82) is 0 Å². The average molecular weight is 338 g/mol. The largest absolute Gasteiger partial charge is 0.343 e. The van der Waals surface area contributed by atoms with E-state index in [9.17, 15) is 4.79 Å². The lowest BCUT2D eigenvalue weighted by Crippen LogP contribution is -2.44. The molecular weight excluding hydrogens is 298 g/mol. The van der Waals surface area contributed by atoms with E-state index in [1.165, 1.54) is 32.5 Å². The Morgan fingerprint density at radius 3 is 2.42 bits per heavy atom. The molecule has 4 nitrogen and oxygen atoms in total. The molecule has 0 saturated carbocycles. The minimum atomic E-state index is 0.359. The Labute approximate surface area is 149 Å². The minimum absolute atomic E-state index is 0.359. The lowest BCUT2D eigenvalue weighted by Gasteiger charge is -2.37. The van der Waals surface area contributed by atoms with Crippen LogP contribution in [0.1, 0.15) is 59.3 Å². The van der Waals surface area contributed by atoms with E-state index >= 15 is 0 Å². The first kappa shape index (κ1) is 19.7. The maximum atomic E-state index is 12.6. The highest BCUT2D eigenvalue weighted by molar-refractivity contribution is 5.76. The molecule has 2 aliphatic heterocycles. The van der Waals surface area contributed by atoms with Gasteiger partial charge >= 0.3 is 0 Å². The Bertz CT molecular complexity index is 396. The lowest BCUT2D eigenvalue weighted by molar-refractivity contribution is -0.133. The van der Waals surface area contributed by atoms with Gasteiger partial charge < -0.3 is 14.7 Å². The van der Waals surface area contributed by atoms with Crippen LogP contribution < -0.4 is 0 Å². The third-order valence-corrected chi connectivity index (χ3v) is 5.70. The minimum Gasteiger partial charge on any atom is -0.343 e. The van der Waals surface area contributed by atoms with Gasteiger partial charge in [0.15, 0.2) is 0 Å². The smallest absolute Gasteiger partial charge is 0.222 e. The van der Waals surface area contributed by atoms with Crippen LogP contribution in [-0.4, -0.2) is 73.5 Å². The van der Waals surface area contributed by atoms with Gasteiger partial charge in [-0.2, -0.15) is 0 Å². The number of piperidine rings is 2. The Morgan fingerprint density at radius 1 is 1.12 bits per heavy atom. The first-order chi connectivity index (χ1) is 11.2. The molecular formula is C20H39N3O. The molecule has 0 aromatic heterocycles. The zero-order valence-corrected chi connectivity index (χ0v) is 16.7. The zero-order valence-electron chi connectivity index (χ0n) is 16.7. The molecule has 0 radical (unpaired) electrons. The second-order valence-corrected chi connectivity index (χ2v) is 9.38. The van der Waals surface area contributed by atoms with Crippen LogP contribution in [0.4, 0.5) is 0 Å². The summed E-state index contributed by atoms with van der Waals surface area (Å²) in [5, 5.41) is 0. The Kier molecular flexibility index (Phi) is 7.11. The van der Waals surface area contributed by atoms with Crippen LogP contribution in [0, 0.1) is 11.3 Å². The Hall–Kier alpha value is -0.610. The van der Waals surface area contributed by atoms with Crippen molar-refractivity contribution in [3.05, 3.63) is 0 Å². The van der Waals surface area contributed by atoms with E-state index in [2.05, 4.69) is 37.6 Å². The second-order valence-electron chi connectivity index (χ2n) is 9.38. The second kappa shape index (κ2) is 8.66. The Balaban J connectivity index is 1.72. The summed E-state index contributed by atoms with van der Waals surface area (Å²) in [6.45, 7) is 12.8. The number of carbonyl (C=O) groups is 1. The summed E-state index contributed by atoms with van der Waals surface area (Å²) < 4.78 is 0. The predicted octanol–water partition coefficient (Wildman–Crippen LogP) is 3.08. The van der Waals surface area contributed by atoms with Crippen LogP contribution in [0.15, 0.2) is 0 Å². The molecule has 0 aliphatic carbocycles. The molecule has 2 saturated heterocycles. The number of amides is 1. The summed E-state index contributed by atoms with van der Waals surface area (Å²) in [7, 11) is 4.19. The standard InChI is InChI=1S/C20H39N3O/c1-20(2,3)16-23-12-6-7-17(15-23)8-9-19(24)22(5)18-10-13-21(4)14-11-18/h17-18H,6-16H2,1-5H3. The number of rotatable bonds is 5. The zero-order chi connectivity index (χ0) is 17.7. The molecule has 1 atom stereocenters. The summed E-state index contributed by atoms with van der Waals surface area (Å²) in [5.74, 6) is 1.06. The topological polar surface area (TPSA) is 26.8 Å². The fourth-order valence-electron chi connectivity index (χ4n) is 4.29. The van der Waals surface area contributed by atoms with Crippen LogP contribution in [0.3, 0.4) is 0 Å². The van der Waals surface area contributed by atoms with E-state index in [4.69, 9.17) is 0 Å². The predicted molar refractivity (Wildman–Crippen MR) is 101 cm³/mol. The Morgan fingerprint density at radius 2 is 1.79 bits per heavy atom. The van der Waals surface area contributed by atoms with Gasteiger partial charge in [-0.05, 0) is 70.1 Å². The van der Waals surface area contributed by atoms with Crippen molar-refractivity contribution < 1.29 is 4.79 Å². The van der Waals surface area contributed by atoms with Crippen LogP contribution in [0.25, 0.3) is 0 Å². The number of carbonyl (C=O) groups excluding carboxylic acids is 1. The summed E-state index contributed by atoms with van der Waals surface area (Å²) in [6, 6.07) is 0.456. The van der Waals surface area contributed by atoms with Gasteiger partial charge in [0.2, 0.25) is 5.91 Å². The first-order valence-corrected chi connectivity index (χ1v) is 9.91. The van der Waals surface area contributed by atoms with Gasteiger partial charge in [0.25, 0.3) is 0 Å². The molecule has 1 amide bonds. The molecule has 0 bridgehead atoms. The molecule has 1 unspecified atom stereocenters. The molecule has 2 aliphatic rings. The highest BCUT2D eigenvalue weighted by Crippen LogP contribution is 2.25. The van der Waals surface area contributed by atoms with Gasteiger partial charge in [-0.15, -0.1) is 0 Å². The van der Waals surface area contributed by atoms with E-state index < -0.39 is 0 Å². The van der Waals surface area contributed by atoms with E-state index in [0.717, 1.165) is 38.8 Å². The fraction of sp³-hybridized carbons (Fsp3) is 0.950. The molecule has 24 heavy (non-hydrogen) atoms. The summed E-state index contributed by atoms with van der Waals surface area (Å²) in [6.07, 6.45) is 6.64. The number of nitrogens with zero attached hydrogens (tertiary/aromatic N) is 3. The number of hydrogen-bond acceptors (Lipinski definition) is 3. The van der Waals surface area contributed by atoms with Crippen molar-refractivity contribution >= 4 is 5.91 Å². The van der Waals surface area contributed by atoms with Gasteiger partial charge in [0, 0.05) is 32.6 Å². The molecule has 0 aromatic rings. The van der Waals surface area contributed by atoms with Crippen LogP contribution in [-0.2, 0) is 4.79 Å². The molecule has 140 valence electrons. The van der Waals surface area contributed by atoms with Gasteiger partial charge in [-0.3, -0.25) is 4.79 Å².